The third-order valence-corrected chi connectivity index (χ3v) is 5.84. The second-order valence-corrected chi connectivity index (χ2v) is 7.61. The first-order chi connectivity index (χ1) is 10.1. The fourth-order valence-corrected chi connectivity index (χ4v) is 4.32. The van der Waals surface area contributed by atoms with Crippen LogP contribution in [0.15, 0.2) is 0 Å². The number of hydrogen-bond donors (Lipinski definition) is 1. The molecule has 0 aliphatic heterocycles. The summed E-state index contributed by atoms with van der Waals surface area (Å²) in [7, 11) is 0. The molecule has 0 radical (unpaired) electrons. The summed E-state index contributed by atoms with van der Waals surface area (Å²) in [5, 5.41) is 9.16. The molecule has 2 fully saturated rings. The Hall–Kier alpha value is -0.550. The van der Waals surface area contributed by atoms with E-state index in [9.17, 15) is 14.7 Å². The highest BCUT2D eigenvalue weighted by Crippen LogP contribution is 2.41. The van der Waals surface area contributed by atoms with Crippen LogP contribution in [0.3, 0.4) is 0 Å². The first-order valence-corrected chi connectivity index (χ1v) is 9.02. The molecule has 0 spiro atoms. The predicted octanol–water partition coefficient (Wildman–Crippen LogP) is 3.34. The Labute approximate surface area is 131 Å². The minimum absolute atomic E-state index is 0.0380. The zero-order valence-corrected chi connectivity index (χ0v) is 13.6. The lowest BCUT2D eigenvalue weighted by Gasteiger charge is -2.39. The molecular formula is C16H26O4S. The molecule has 5 heteroatoms. The van der Waals surface area contributed by atoms with Crippen molar-refractivity contribution in [2.75, 3.05) is 12.4 Å². The Morgan fingerprint density at radius 1 is 1.19 bits per heavy atom. The molecule has 2 rings (SSSR count). The van der Waals surface area contributed by atoms with Gasteiger partial charge in [-0.25, -0.2) is 0 Å². The second-order valence-electron chi connectivity index (χ2n) is 6.41. The van der Waals surface area contributed by atoms with E-state index >= 15 is 0 Å². The Kier molecular flexibility index (Phi) is 6.55. The third-order valence-electron chi connectivity index (χ3n) is 4.86. The molecule has 0 aromatic rings. The molecule has 0 saturated heterocycles. The van der Waals surface area contributed by atoms with E-state index in [0.29, 0.717) is 5.75 Å². The molecular weight excluding hydrogens is 288 g/mol. The Morgan fingerprint density at radius 2 is 1.90 bits per heavy atom. The summed E-state index contributed by atoms with van der Waals surface area (Å²) in [6.45, 7) is 1.70. The molecule has 2 aliphatic carbocycles. The van der Waals surface area contributed by atoms with Crippen LogP contribution in [-0.4, -0.2) is 34.7 Å². The summed E-state index contributed by atoms with van der Waals surface area (Å²) in [5.74, 6) is 0.524. The standard InChI is InChI=1S/C16H26O4S/c1-11(17)21-10-14(16(18)19)9-20-15-7-6-12-4-2-3-5-13(12)8-15/h12-15H,2-10H2,1H3,(H,18,19). The van der Waals surface area contributed by atoms with E-state index in [2.05, 4.69) is 0 Å². The highest BCUT2D eigenvalue weighted by molar-refractivity contribution is 8.13. The SMILES string of the molecule is CC(=O)SCC(COC1CCC2CCCCC2C1)C(=O)O. The van der Waals surface area contributed by atoms with Crippen molar-refractivity contribution in [2.45, 2.75) is 58.0 Å². The molecule has 0 aromatic carbocycles. The zero-order chi connectivity index (χ0) is 15.2. The summed E-state index contributed by atoms with van der Waals surface area (Å²) in [4.78, 5) is 22.2. The average Bonchev–Trinajstić information content (AvgIpc) is 2.46. The number of thioether (sulfide) groups is 1. The number of carbonyl (C=O) groups excluding carboxylic acids is 1. The highest BCUT2D eigenvalue weighted by atomic mass is 32.2. The summed E-state index contributed by atoms with van der Waals surface area (Å²) in [6.07, 6.45) is 8.99. The molecule has 120 valence electrons. The lowest BCUT2D eigenvalue weighted by Crippen LogP contribution is -2.34. The average molecular weight is 314 g/mol. The Morgan fingerprint density at radius 3 is 2.57 bits per heavy atom. The fraction of sp³-hybridized carbons (Fsp3) is 0.875. The van der Waals surface area contributed by atoms with E-state index in [1.165, 1.54) is 39.0 Å². The van der Waals surface area contributed by atoms with Gasteiger partial charge in [0, 0.05) is 12.7 Å². The summed E-state index contributed by atoms with van der Waals surface area (Å²) in [5.41, 5.74) is 0. The van der Waals surface area contributed by atoms with Crippen LogP contribution in [0, 0.1) is 17.8 Å². The fourth-order valence-electron chi connectivity index (χ4n) is 3.64. The minimum atomic E-state index is -0.866. The molecule has 4 unspecified atom stereocenters. The third kappa shape index (κ3) is 5.29. The normalized spacial score (nSPS) is 30.4. The molecule has 2 saturated carbocycles. The highest BCUT2D eigenvalue weighted by Gasteiger charge is 2.33. The maximum Gasteiger partial charge on any atom is 0.309 e. The molecule has 0 amide bonds. The number of aliphatic carboxylic acids is 1. The van der Waals surface area contributed by atoms with Crippen molar-refractivity contribution in [1.82, 2.24) is 0 Å². The number of carboxylic acids is 1. The molecule has 0 aromatic heterocycles. The van der Waals surface area contributed by atoms with Crippen molar-refractivity contribution in [3.8, 4) is 0 Å². The van der Waals surface area contributed by atoms with Crippen LogP contribution in [0.25, 0.3) is 0 Å². The second kappa shape index (κ2) is 8.18. The van der Waals surface area contributed by atoms with Crippen LogP contribution in [0.5, 0.6) is 0 Å². The van der Waals surface area contributed by atoms with Gasteiger partial charge in [0.1, 0.15) is 0 Å². The lowest BCUT2D eigenvalue weighted by atomic mass is 9.70. The number of fused-ring (bicyclic) bond motifs is 1. The van der Waals surface area contributed by atoms with Gasteiger partial charge < -0.3 is 9.84 Å². The summed E-state index contributed by atoms with van der Waals surface area (Å²) < 4.78 is 5.88. The van der Waals surface area contributed by atoms with E-state index in [-0.39, 0.29) is 17.8 Å². The van der Waals surface area contributed by atoms with E-state index in [1.54, 1.807) is 0 Å². The topological polar surface area (TPSA) is 63.6 Å². The molecule has 1 N–H and O–H groups in total. The first kappa shape index (κ1) is 16.8. The van der Waals surface area contributed by atoms with Gasteiger partial charge in [-0.3, -0.25) is 9.59 Å². The molecule has 0 heterocycles. The smallest absolute Gasteiger partial charge is 0.309 e. The van der Waals surface area contributed by atoms with Crippen molar-refractivity contribution in [2.24, 2.45) is 17.8 Å². The Balaban J connectivity index is 1.75. The van der Waals surface area contributed by atoms with Crippen molar-refractivity contribution in [1.29, 1.82) is 0 Å². The quantitative estimate of drug-likeness (QED) is 0.814. The van der Waals surface area contributed by atoms with E-state index in [0.717, 1.165) is 36.4 Å². The number of hydrogen-bond acceptors (Lipinski definition) is 4. The van der Waals surface area contributed by atoms with Gasteiger partial charge >= 0.3 is 5.97 Å². The number of carboxylic acid groups (broad SMARTS) is 1. The van der Waals surface area contributed by atoms with Crippen LogP contribution < -0.4 is 0 Å². The van der Waals surface area contributed by atoms with Gasteiger partial charge in [0.25, 0.3) is 0 Å². The van der Waals surface area contributed by atoms with Crippen molar-refractivity contribution in [3.63, 3.8) is 0 Å². The summed E-state index contributed by atoms with van der Waals surface area (Å²) >= 11 is 1.07. The van der Waals surface area contributed by atoms with Crippen molar-refractivity contribution >= 4 is 22.8 Å². The molecule has 2 aliphatic rings. The number of rotatable bonds is 6. The van der Waals surface area contributed by atoms with Gasteiger partial charge in [-0.2, -0.15) is 0 Å². The molecule has 4 atom stereocenters. The van der Waals surface area contributed by atoms with Crippen LogP contribution in [-0.2, 0) is 14.3 Å². The summed E-state index contributed by atoms with van der Waals surface area (Å²) in [6, 6.07) is 0. The zero-order valence-electron chi connectivity index (χ0n) is 12.8. The van der Waals surface area contributed by atoms with Crippen LogP contribution >= 0.6 is 11.8 Å². The van der Waals surface area contributed by atoms with Gasteiger partial charge in [0.2, 0.25) is 0 Å². The maximum atomic E-state index is 11.2. The first-order valence-electron chi connectivity index (χ1n) is 8.04. The Bertz CT molecular complexity index is 371. The van der Waals surface area contributed by atoms with E-state index < -0.39 is 11.9 Å². The predicted molar refractivity (Wildman–Crippen MR) is 83.3 cm³/mol. The maximum absolute atomic E-state index is 11.2. The number of ether oxygens (including phenoxy) is 1. The van der Waals surface area contributed by atoms with Crippen LogP contribution in [0.4, 0.5) is 0 Å². The van der Waals surface area contributed by atoms with Gasteiger partial charge in [0.15, 0.2) is 5.12 Å². The van der Waals surface area contributed by atoms with Gasteiger partial charge in [0.05, 0.1) is 18.6 Å². The molecule has 21 heavy (non-hydrogen) atoms. The van der Waals surface area contributed by atoms with E-state index in [4.69, 9.17) is 4.74 Å². The van der Waals surface area contributed by atoms with Gasteiger partial charge in [-0.15, -0.1) is 0 Å². The van der Waals surface area contributed by atoms with Crippen LogP contribution in [0.1, 0.15) is 51.9 Å². The van der Waals surface area contributed by atoms with Crippen LogP contribution in [0.2, 0.25) is 0 Å². The van der Waals surface area contributed by atoms with Crippen molar-refractivity contribution < 1.29 is 19.4 Å². The van der Waals surface area contributed by atoms with E-state index in [1.807, 2.05) is 0 Å². The monoisotopic (exact) mass is 314 g/mol. The molecule has 0 bridgehead atoms. The lowest BCUT2D eigenvalue weighted by molar-refractivity contribution is -0.144. The largest absolute Gasteiger partial charge is 0.481 e. The van der Waals surface area contributed by atoms with Gasteiger partial charge in [-0.1, -0.05) is 37.4 Å². The van der Waals surface area contributed by atoms with Gasteiger partial charge in [-0.05, 0) is 31.1 Å². The minimum Gasteiger partial charge on any atom is -0.481 e. The van der Waals surface area contributed by atoms with Crippen molar-refractivity contribution in [3.05, 3.63) is 0 Å². The number of carbonyl (C=O) groups is 2. The molecule has 4 nitrogen and oxygen atoms in total.